The molecule has 0 aromatic carbocycles. The van der Waals surface area contributed by atoms with Gasteiger partial charge >= 0.3 is 0 Å². The van der Waals surface area contributed by atoms with Gasteiger partial charge in [-0.25, -0.2) is 0 Å². The molecule has 0 unspecified atom stereocenters. The fourth-order valence-corrected chi connectivity index (χ4v) is 2.91. The predicted octanol–water partition coefficient (Wildman–Crippen LogP) is 5.35. The molecule has 0 bridgehead atoms. The summed E-state index contributed by atoms with van der Waals surface area (Å²) in [4.78, 5) is 2.69. The maximum absolute atomic E-state index is 2.69. The maximum Gasteiger partial charge on any atom is -0.00137 e. The van der Waals surface area contributed by atoms with Crippen LogP contribution in [0.4, 0.5) is 0 Å². The lowest BCUT2D eigenvalue weighted by Gasteiger charge is -2.34. The zero-order valence-electron chi connectivity index (χ0n) is 14.4. The van der Waals surface area contributed by atoms with Gasteiger partial charge in [0.2, 0.25) is 0 Å². The fourth-order valence-electron chi connectivity index (χ4n) is 2.91. The second-order valence-electron chi connectivity index (χ2n) is 9.05. The molecule has 0 saturated carbocycles. The molecule has 114 valence electrons. The van der Waals surface area contributed by atoms with Crippen molar-refractivity contribution in [1.29, 1.82) is 0 Å². The van der Waals surface area contributed by atoms with Crippen molar-refractivity contribution in [3.8, 4) is 0 Å². The summed E-state index contributed by atoms with van der Waals surface area (Å²) in [6, 6.07) is 0. The summed E-state index contributed by atoms with van der Waals surface area (Å²) in [5.41, 5.74) is 1.01. The van der Waals surface area contributed by atoms with Gasteiger partial charge in [0.05, 0.1) is 0 Å². The van der Waals surface area contributed by atoms with Gasteiger partial charge in [-0.3, -0.25) is 0 Å². The van der Waals surface area contributed by atoms with Crippen LogP contribution in [0.1, 0.15) is 80.1 Å². The van der Waals surface area contributed by atoms with Crippen molar-refractivity contribution in [2.45, 2.75) is 80.1 Å². The number of hydrogen-bond donors (Lipinski definition) is 0. The molecule has 1 heterocycles. The molecular formula is C18H37N. The molecule has 1 fully saturated rings. The van der Waals surface area contributed by atoms with Crippen LogP contribution in [-0.2, 0) is 0 Å². The molecule has 0 N–H and O–H groups in total. The van der Waals surface area contributed by atoms with Crippen molar-refractivity contribution in [1.82, 2.24) is 4.90 Å². The molecule has 1 nitrogen and oxygen atoms in total. The molecule has 0 radical (unpaired) electrons. The standard InChI is InChI=1S/C18H37N/c1-17(2,3)11-7-8-16-9-13-19(14-10-16)15-12-18(4,5)6/h16H,7-15H2,1-6H3. The minimum absolute atomic E-state index is 0.490. The lowest BCUT2D eigenvalue weighted by atomic mass is 9.85. The third kappa shape index (κ3) is 8.68. The Bertz CT molecular complexity index is 235. The number of piperidine rings is 1. The zero-order chi connectivity index (χ0) is 14.5. The van der Waals surface area contributed by atoms with Crippen molar-refractivity contribution >= 4 is 0 Å². The number of likely N-dealkylation sites (tertiary alicyclic amines) is 1. The minimum Gasteiger partial charge on any atom is -0.303 e. The summed E-state index contributed by atoms with van der Waals surface area (Å²) >= 11 is 0. The third-order valence-corrected chi connectivity index (χ3v) is 4.42. The molecule has 1 aliphatic heterocycles. The number of rotatable bonds is 5. The Balaban J connectivity index is 2.12. The molecule has 1 saturated heterocycles. The second kappa shape index (κ2) is 7.11. The molecule has 1 heteroatoms. The van der Waals surface area contributed by atoms with Gasteiger partial charge in [-0.05, 0) is 62.1 Å². The van der Waals surface area contributed by atoms with Crippen LogP contribution in [0.2, 0.25) is 0 Å². The highest BCUT2D eigenvalue weighted by Gasteiger charge is 2.21. The molecule has 1 aliphatic rings. The van der Waals surface area contributed by atoms with Crippen LogP contribution in [0.3, 0.4) is 0 Å². The number of hydrogen-bond acceptors (Lipinski definition) is 1. The Hall–Kier alpha value is -0.0400. The highest BCUT2D eigenvalue weighted by molar-refractivity contribution is 4.75. The molecule has 0 aromatic rings. The van der Waals surface area contributed by atoms with Crippen LogP contribution in [0, 0.1) is 16.7 Å². The fraction of sp³-hybridized carbons (Fsp3) is 1.00. The van der Waals surface area contributed by atoms with Gasteiger partial charge in [0.1, 0.15) is 0 Å². The first-order chi connectivity index (χ1) is 8.66. The van der Waals surface area contributed by atoms with E-state index in [4.69, 9.17) is 0 Å². The molecule has 0 amide bonds. The van der Waals surface area contributed by atoms with E-state index in [1.54, 1.807) is 0 Å². The first kappa shape index (κ1) is 17.0. The van der Waals surface area contributed by atoms with Gasteiger partial charge in [0.25, 0.3) is 0 Å². The smallest absolute Gasteiger partial charge is 0.00137 e. The van der Waals surface area contributed by atoms with Gasteiger partial charge in [0.15, 0.2) is 0 Å². The van der Waals surface area contributed by atoms with Crippen molar-refractivity contribution in [3.63, 3.8) is 0 Å². The van der Waals surface area contributed by atoms with Gasteiger partial charge in [-0.1, -0.05) is 54.4 Å². The minimum atomic E-state index is 0.490. The topological polar surface area (TPSA) is 3.24 Å². The van der Waals surface area contributed by atoms with Crippen LogP contribution in [0.5, 0.6) is 0 Å². The van der Waals surface area contributed by atoms with Gasteiger partial charge in [-0.15, -0.1) is 0 Å². The SMILES string of the molecule is CC(C)(C)CCCC1CCN(CCC(C)(C)C)CC1. The molecule has 0 aliphatic carbocycles. The van der Waals surface area contributed by atoms with E-state index >= 15 is 0 Å². The van der Waals surface area contributed by atoms with E-state index in [0.717, 1.165) is 5.92 Å². The van der Waals surface area contributed by atoms with Crippen molar-refractivity contribution in [3.05, 3.63) is 0 Å². The Morgan fingerprint density at radius 2 is 1.37 bits per heavy atom. The molecule has 0 aromatic heterocycles. The van der Waals surface area contributed by atoms with E-state index in [2.05, 4.69) is 46.4 Å². The lowest BCUT2D eigenvalue weighted by molar-refractivity contribution is 0.156. The Morgan fingerprint density at radius 3 is 1.84 bits per heavy atom. The zero-order valence-corrected chi connectivity index (χ0v) is 14.4. The van der Waals surface area contributed by atoms with E-state index in [9.17, 15) is 0 Å². The number of nitrogens with zero attached hydrogens (tertiary/aromatic N) is 1. The van der Waals surface area contributed by atoms with Crippen molar-refractivity contribution < 1.29 is 0 Å². The highest BCUT2D eigenvalue weighted by Crippen LogP contribution is 2.28. The highest BCUT2D eigenvalue weighted by atomic mass is 15.1. The van der Waals surface area contributed by atoms with E-state index in [-0.39, 0.29) is 0 Å². The Labute approximate surface area is 122 Å². The largest absolute Gasteiger partial charge is 0.303 e. The summed E-state index contributed by atoms with van der Waals surface area (Å²) in [5.74, 6) is 1.01. The van der Waals surface area contributed by atoms with Crippen LogP contribution in [0.15, 0.2) is 0 Å². The summed E-state index contributed by atoms with van der Waals surface area (Å²) in [7, 11) is 0. The summed E-state index contributed by atoms with van der Waals surface area (Å²) in [5, 5.41) is 0. The van der Waals surface area contributed by atoms with E-state index in [1.807, 2.05) is 0 Å². The predicted molar refractivity (Wildman–Crippen MR) is 86.5 cm³/mol. The first-order valence-corrected chi connectivity index (χ1v) is 8.38. The van der Waals surface area contributed by atoms with Gasteiger partial charge in [0, 0.05) is 0 Å². The second-order valence-corrected chi connectivity index (χ2v) is 9.05. The van der Waals surface area contributed by atoms with E-state index in [1.165, 1.54) is 58.2 Å². The van der Waals surface area contributed by atoms with E-state index in [0.29, 0.717) is 10.8 Å². The molecule has 0 spiro atoms. The van der Waals surface area contributed by atoms with Gasteiger partial charge in [-0.2, -0.15) is 0 Å². The molecular weight excluding hydrogens is 230 g/mol. The lowest BCUT2D eigenvalue weighted by Crippen LogP contribution is -2.35. The van der Waals surface area contributed by atoms with Crippen molar-refractivity contribution in [2.24, 2.45) is 16.7 Å². The maximum atomic E-state index is 2.69. The monoisotopic (exact) mass is 267 g/mol. The quantitative estimate of drug-likeness (QED) is 0.649. The first-order valence-electron chi connectivity index (χ1n) is 8.38. The molecule has 19 heavy (non-hydrogen) atoms. The van der Waals surface area contributed by atoms with Crippen LogP contribution >= 0.6 is 0 Å². The average Bonchev–Trinajstić information content (AvgIpc) is 2.25. The summed E-state index contributed by atoms with van der Waals surface area (Å²) in [6.07, 6.45) is 8.49. The van der Waals surface area contributed by atoms with Crippen LogP contribution < -0.4 is 0 Å². The van der Waals surface area contributed by atoms with E-state index < -0.39 is 0 Å². The normalized spacial score (nSPS) is 19.9. The summed E-state index contributed by atoms with van der Waals surface area (Å²) in [6.45, 7) is 18.1. The van der Waals surface area contributed by atoms with Crippen LogP contribution in [0.25, 0.3) is 0 Å². The van der Waals surface area contributed by atoms with Crippen molar-refractivity contribution in [2.75, 3.05) is 19.6 Å². The Morgan fingerprint density at radius 1 is 0.842 bits per heavy atom. The van der Waals surface area contributed by atoms with Crippen LogP contribution in [-0.4, -0.2) is 24.5 Å². The average molecular weight is 268 g/mol. The summed E-state index contributed by atoms with van der Waals surface area (Å²) < 4.78 is 0. The molecule has 0 atom stereocenters. The van der Waals surface area contributed by atoms with Gasteiger partial charge < -0.3 is 4.90 Å². The third-order valence-electron chi connectivity index (χ3n) is 4.42. The Kier molecular flexibility index (Phi) is 6.36. The molecule has 1 rings (SSSR count).